The molecule has 0 aromatic carbocycles. The molecule has 84 valence electrons. The zero-order valence-electron chi connectivity index (χ0n) is 9.73. The van der Waals surface area contributed by atoms with Crippen molar-refractivity contribution in [2.45, 2.75) is 40.3 Å². The van der Waals surface area contributed by atoms with E-state index in [1.165, 1.54) is 4.88 Å². The van der Waals surface area contributed by atoms with E-state index in [0.717, 1.165) is 10.9 Å². The summed E-state index contributed by atoms with van der Waals surface area (Å²) in [6.07, 6.45) is 0. The van der Waals surface area contributed by atoms with Crippen molar-refractivity contribution in [3.63, 3.8) is 0 Å². The van der Waals surface area contributed by atoms with Crippen LogP contribution in [0.3, 0.4) is 0 Å². The number of thiophene rings is 1. The van der Waals surface area contributed by atoms with Crippen LogP contribution in [0.5, 0.6) is 0 Å². The van der Waals surface area contributed by atoms with Crippen LogP contribution < -0.4 is 5.32 Å². The quantitative estimate of drug-likeness (QED) is 0.849. The third-order valence-corrected chi connectivity index (χ3v) is 5.36. The van der Waals surface area contributed by atoms with Gasteiger partial charge in [0, 0.05) is 17.5 Å². The van der Waals surface area contributed by atoms with E-state index < -0.39 is 0 Å². The Morgan fingerprint density at radius 1 is 1.27 bits per heavy atom. The van der Waals surface area contributed by atoms with Crippen LogP contribution in [0.1, 0.15) is 32.6 Å². The van der Waals surface area contributed by atoms with Gasteiger partial charge in [0.2, 0.25) is 0 Å². The van der Waals surface area contributed by atoms with Gasteiger partial charge in [-0.1, -0.05) is 39.3 Å². The third kappa shape index (κ3) is 1.83. The second-order valence-corrected chi connectivity index (χ2v) is 7.26. The van der Waals surface area contributed by atoms with Crippen molar-refractivity contribution in [1.29, 1.82) is 0 Å². The molecule has 0 saturated heterocycles. The minimum absolute atomic E-state index is 0.411. The largest absolute Gasteiger partial charge is 0.308 e. The van der Waals surface area contributed by atoms with Crippen LogP contribution in [0, 0.1) is 10.8 Å². The fraction of sp³-hybridized carbons (Fsp3) is 0.667. The van der Waals surface area contributed by atoms with Crippen LogP contribution in [0.2, 0.25) is 4.34 Å². The average molecular weight is 244 g/mol. The standard InChI is InChI=1S/C12H18ClNS/c1-11(2)10(12(11,3)4)14-7-8-5-6-9(13)15-8/h5-6,10,14H,7H2,1-4H3. The molecule has 1 aromatic rings. The topological polar surface area (TPSA) is 12.0 Å². The highest BCUT2D eigenvalue weighted by atomic mass is 35.5. The van der Waals surface area contributed by atoms with Gasteiger partial charge in [0.1, 0.15) is 0 Å². The summed E-state index contributed by atoms with van der Waals surface area (Å²) in [5, 5.41) is 3.62. The molecule has 15 heavy (non-hydrogen) atoms. The Kier molecular flexibility index (Phi) is 2.65. The molecular weight excluding hydrogens is 226 g/mol. The first-order valence-electron chi connectivity index (χ1n) is 5.33. The van der Waals surface area contributed by atoms with Crippen LogP contribution in [-0.2, 0) is 6.54 Å². The minimum Gasteiger partial charge on any atom is -0.308 e. The molecule has 0 amide bonds. The minimum atomic E-state index is 0.411. The average Bonchev–Trinajstić information content (AvgIpc) is 2.50. The van der Waals surface area contributed by atoms with Crippen LogP contribution in [0.4, 0.5) is 0 Å². The Morgan fingerprint density at radius 2 is 1.87 bits per heavy atom. The molecule has 1 aliphatic rings. The summed E-state index contributed by atoms with van der Waals surface area (Å²) in [7, 11) is 0. The zero-order chi connectivity index (χ0) is 11.3. The molecule has 1 N–H and O–H groups in total. The van der Waals surface area contributed by atoms with Crippen molar-refractivity contribution in [1.82, 2.24) is 5.32 Å². The Balaban J connectivity index is 1.91. The summed E-state index contributed by atoms with van der Waals surface area (Å²) in [4.78, 5) is 1.32. The van der Waals surface area contributed by atoms with E-state index in [4.69, 9.17) is 11.6 Å². The highest BCUT2D eigenvalue weighted by Crippen LogP contribution is 2.62. The van der Waals surface area contributed by atoms with Crippen molar-refractivity contribution < 1.29 is 0 Å². The van der Waals surface area contributed by atoms with Crippen LogP contribution in [0.25, 0.3) is 0 Å². The van der Waals surface area contributed by atoms with E-state index in [-0.39, 0.29) is 0 Å². The summed E-state index contributed by atoms with van der Waals surface area (Å²) in [5.41, 5.74) is 0.822. The van der Waals surface area contributed by atoms with Crippen molar-refractivity contribution in [3.05, 3.63) is 21.3 Å². The van der Waals surface area contributed by atoms with Gasteiger partial charge in [-0.25, -0.2) is 0 Å². The van der Waals surface area contributed by atoms with Gasteiger partial charge >= 0.3 is 0 Å². The highest BCUT2D eigenvalue weighted by Gasteiger charge is 2.64. The van der Waals surface area contributed by atoms with Gasteiger partial charge in [0.05, 0.1) is 4.34 Å². The molecule has 1 aromatic heterocycles. The molecule has 1 aliphatic carbocycles. The van der Waals surface area contributed by atoms with Crippen molar-refractivity contribution in [3.8, 4) is 0 Å². The third-order valence-electron chi connectivity index (χ3n) is 4.13. The molecule has 1 fully saturated rings. The van der Waals surface area contributed by atoms with E-state index >= 15 is 0 Å². The fourth-order valence-electron chi connectivity index (χ4n) is 2.36. The van der Waals surface area contributed by atoms with Gasteiger partial charge in [0.15, 0.2) is 0 Å². The molecule has 2 rings (SSSR count). The molecule has 0 unspecified atom stereocenters. The fourth-order valence-corrected chi connectivity index (χ4v) is 3.39. The lowest BCUT2D eigenvalue weighted by atomic mass is 10.0. The number of halogens is 1. The Hall–Kier alpha value is -0.0500. The molecule has 0 bridgehead atoms. The van der Waals surface area contributed by atoms with Gasteiger partial charge in [-0.2, -0.15) is 0 Å². The Morgan fingerprint density at radius 3 is 2.27 bits per heavy atom. The van der Waals surface area contributed by atoms with Crippen molar-refractivity contribution in [2.75, 3.05) is 0 Å². The molecule has 0 atom stereocenters. The smallest absolute Gasteiger partial charge is 0.0931 e. The zero-order valence-corrected chi connectivity index (χ0v) is 11.3. The first-order valence-corrected chi connectivity index (χ1v) is 6.53. The van der Waals surface area contributed by atoms with Gasteiger partial charge < -0.3 is 5.32 Å². The first kappa shape index (κ1) is 11.4. The maximum absolute atomic E-state index is 5.89. The number of rotatable bonds is 3. The maximum atomic E-state index is 5.89. The second-order valence-electron chi connectivity index (χ2n) is 5.46. The predicted octanol–water partition coefficient (Wildman–Crippen LogP) is 3.93. The van der Waals surface area contributed by atoms with E-state index in [1.807, 2.05) is 6.07 Å². The van der Waals surface area contributed by atoms with Crippen LogP contribution in [-0.4, -0.2) is 6.04 Å². The number of hydrogen-bond acceptors (Lipinski definition) is 2. The van der Waals surface area contributed by atoms with Gasteiger partial charge in [-0.05, 0) is 23.0 Å². The van der Waals surface area contributed by atoms with Gasteiger partial charge in [-0.15, -0.1) is 11.3 Å². The van der Waals surface area contributed by atoms with Gasteiger partial charge in [0.25, 0.3) is 0 Å². The molecule has 1 heterocycles. The monoisotopic (exact) mass is 243 g/mol. The predicted molar refractivity (Wildman–Crippen MR) is 67.5 cm³/mol. The molecule has 3 heteroatoms. The lowest BCUT2D eigenvalue weighted by Crippen LogP contribution is -2.21. The normalized spacial score (nSPS) is 23.0. The molecule has 0 radical (unpaired) electrons. The van der Waals surface area contributed by atoms with E-state index in [2.05, 4.69) is 39.1 Å². The van der Waals surface area contributed by atoms with Gasteiger partial charge in [-0.3, -0.25) is 0 Å². The Labute approximate surface area is 101 Å². The summed E-state index contributed by atoms with van der Waals surface area (Å²) in [6, 6.07) is 4.68. The maximum Gasteiger partial charge on any atom is 0.0931 e. The summed E-state index contributed by atoms with van der Waals surface area (Å²) < 4.78 is 0.876. The highest BCUT2D eigenvalue weighted by molar-refractivity contribution is 7.16. The van der Waals surface area contributed by atoms with E-state index in [0.29, 0.717) is 16.9 Å². The molecule has 0 aliphatic heterocycles. The lowest BCUT2D eigenvalue weighted by molar-refractivity contribution is 0.457. The number of hydrogen-bond donors (Lipinski definition) is 1. The molecule has 1 saturated carbocycles. The van der Waals surface area contributed by atoms with Crippen molar-refractivity contribution >= 4 is 22.9 Å². The lowest BCUT2D eigenvalue weighted by Gasteiger charge is -2.03. The molecule has 1 nitrogen and oxygen atoms in total. The molecular formula is C12H18ClNS. The Bertz CT molecular complexity index is 353. The summed E-state index contributed by atoms with van der Waals surface area (Å²) in [5.74, 6) is 0. The number of nitrogens with one attached hydrogen (secondary N) is 1. The van der Waals surface area contributed by atoms with E-state index in [1.54, 1.807) is 11.3 Å². The van der Waals surface area contributed by atoms with Crippen LogP contribution >= 0.6 is 22.9 Å². The first-order chi connectivity index (χ1) is 6.85. The SMILES string of the molecule is CC1(C)C(NCc2ccc(Cl)s2)C1(C)C. The van der Waals surface area contributed by atoms with E-state index in [9.17, 15) is 0 Å². The molecule has 0 spiro atoms. The summed E-state index contributed by atoms with van der Waals surface area (Å²) >= 11 is 7.55. The van der Waals surface area contributed by atoms with Crippen molar-refractivity contribution in [2.24, 2.45) is 10.8 Å². The second kappa shape index (κ2) is 3.47. The van der Waals surface area contributed by atoms with Crippen LogP contribution in [0.15, 0.2) is 12.1 Å². The summed E-state index contributed by atoms with van der Waals surface area (Å²) in [6.45, 7) is 10.2.